The Morgan fingerprint density at radius 3 is 2.30 bits per heavy atom. The molecule has 0 aliphatic carbocycles. The van der Waals surface area contributed by atoms with Gasteiger partial charge in [0.05, 0.1) is 0 Å². The first-order valence-corrected chi connectivity index (χ1v) is 8.87. The molecule has 0 aliphatic rings. The van der Waals surface area contributed by atoms with E-state index in [0.29, 0.717) is 18.7 Å². The van der Waals surface area contributed by atoms with Gasteiger partial charge in [-0.05, 0) is 51.3 Å². The van der Waals surface area contributed by atoms with Gasteiger partial charge in [-0.3, -0.25) is 5.32 Å². The van der Waals surface area contributed by atoms with Gasteiger partial charge in [-0.15, -0.1) is 0 Å². The maximum atomic E-state index is 11.6. The number of hydrogen-bond acceptors (Lipinski definition) is 4. The van der Waals surface area contributed by atoms with Gasteiger partial charge in [-0.1, -0.05) is 12.1 Å². The van der Waals surface area contributed by atoms with Gasteiger partial charge < -0.3 is 4.74 Å². The number of carbonyl (C=O) groups excluding carboxylic acids is 1. The Balaban J connectivity index is 2.40. The molecule has 0 atom stereocenters. The van der Waals surface area contributed by atoms with Gasteiger partial charge in [0.1, 0.15) is 5.60 Å². The summed E-state index contributed by atoms with van der Waals surface area (Å²) in [4.78, 5) is 11.6. The number of hydrogen-bond donors (Lipinski definition) is 3. The van der Waals surface area contributed by atoms with Gasteiger partial charge >= 0.3 is 6.09 Å². The maximum absolute atomic E-state index is 11.6. The van der Waals surface area contributed by atoms with E-state index in [2.05, 4.69) is 14.8 Å². The molecule has 0 radical (unpaired) electrons. The molecule has 1 amide bonds. The number of carbonyl (C=O) groups is 1. The molecule has 1 aromatic carbocycles. The summed E-state index contributed by atoms with van der Waals surface area (Å²) in [6.07, 6.45) is 0.922. The number of aryl methyl sites for hydroxylation is 1. The van der Waals surface area contributed by atoms with Crippen LogP contribution >= 0.6 is 0 Å². The number of ether oxygens (including phenoxy) is 1. The minimum atomic E-state index is -3.37. The molecule has 1 rings (SSSR count). The molecule has 23 heavy (non-hydrogen) atoms. The zero-order valence-corrected chi connectivity index (χ0v) is 14.8. The third-order valence-corrected chi connectivity index (χ3v) is 3.92. The lowest BCUT2D eigenvalue weighted by molar-refractivity contribution is 0.0636. The molecule has 0 bridgehead atoms. The lowest BCUT2D eigenvalue weighted by atomic mass is 10.1. The van der Waals surface area contributed by atoms with Crippen molar-refractivity contribution in [2.24, 2.45) is 0 Å². The molecule has 1 aromatic rings. The third kappa shape index (κ3) is 8.53. The van der Waals surface area contributed by atoms with Crippen molar-refractivity contribution in [3.63, 3.8) is 0 Å². The van der Waals surface area contributed by atoms with E-state index in [1.54, 1.807) is 32.9 Å². The Hall–Kier alpha value is -1.64. The molecule has 0 spiro atoms. The first-order chi connectivity index (χ1) is 10.6. The molecular weight excluding hydrogens is 318 g/mol. The molecular formula is C15H25N3O4S. The molecule has 0 aromatic heterocycles. The third-order valence-electron chi connectivity index (χ3n) is 2.80. The first-order valence-electron chi connectivity index (χ1n) is 7.38. The lowest BCUT2D eigenvalue weighted by Crippen LogP contribution is -2.34. The van der Waals surface area contributed by atoms with E-state index in [4.69, 9.17) is 4.74 Å². The van der Waals surface area contributed by atoms with E-state index < -0.39 is 21.9 Å². The monoisotopic (exact) mass is 343 g/mol. The summed E-state index contributed by atoms with van der Waals surface area (Å²) in [7, 11) is -2.01. The lowest BCUT2D eigenvalue weighted by Gasteiger charge is -2.19. The predicted molar refractivity (Wildman–Crippen MR) is 90.6 cm³/mol. The molecule has 8 heteroatoms. The normalized spacial score (nSPS) is 12.0. The quantitative estimate of drug-likeness (QED) is 0.660. The fourth-order valence-corrected chi connectivity index (χ4v) is 2.30. The molecule has 7 nitrogen and oxygen atoms in total. The van der Waals surface area contributed by atoms with E-state index >= 15 is 0 Å². The second-order valence-electron chi connectivity index (χ2n) is 6.03. The summed E-state index contributed by atoms with van der Waals surface area (Å²) in [5.74, 6) is 0. The van der Waals surface area contributed by atoms with Crippen LogP contribution in [0.5, 0.6) is 0 Å². The summed E-state index contributed by atoms with van der Waals surface area (Å²) in [6.45, 7) is 5.77. The molecule has 0 unspecified atom stereocenters. The van der Waals surface area contributed by atoms with Crippen molar-refractivity contribution in [3.05, 3.63) is 29.8 Å². The molecule has 130 valence electrons. The van der Waals surface area contributed by atoms with Crippen LogP contribution in [-0.4, -0.2) is 33.7 Å². The number of amides is 1. The van der Waals surface area contributed by atoms with Crippen LogP contribution in [0.1, 0.15) is 32.8 Å². The van der Waals surface area contributed by atoms with E-state index in [9.17, 15) is 13.2 Å². The highest BCUT2D eigenvalue weighted by Gasteiger charge is 2.16. The van der Waals surface area contributed by atoms with E-state index in [1.807, 2.05) is 12.1 Å². The molecule has 0 saturated carbocycles. The summed E-state index contributed by atoms with van der Waals surface area (Å²) in [5, 5.41) is 2.66. The van der Waals surface area contributed by atoms with Crippen molar-refractivity contribution in [1.82, 2.24) is 9.44 Å². The van der Waals surface area contributed by atoms with Crippen LogP contribution in [-0.2, 0) is 21.4 Å². The Bertz CT molecular complexity index is 607. The zero-order chi connectivity index (χ0) is 17.5. The summed E-state index contributed by atoms with van der Waals surface area (Å²) >= 11 is 0. The molecule has 0 fully saturated rings. The van der Waals surface area contributed by atoms with E-state index in [0.717, 1.165) is 12.0 Å². The highest BCUT2D eigenvalue weighted by molar-refractivity contribution is 7.87. The van der Waals surface area contributed by atoms with Crippen LogP contribution in [0.2, 0.25) is 0 Å². The highest BCUT2D eigenvalue weighted by atomic mass is 32.2. The van der Waals surface area contributed by atoms with E-state index in [1.165, 1.54) is 7.05 Å². The summed E-state index contributed by atoms with van der Waals surface area (Å²) in [6, 6.07) is 7.35. The standard InChI is InChI=1S/C15H25N3O4S/c1-15(2,3)22-14(19)18-13-9-7-12(8-10-13)6-5-11-17-23(20,21)16-4/h7-10,16-17H,5-6,11H2,1-4H3,(H,18,19). The smallest absolute Gasteiger partial charge is 0.412 e. The molecule has 0 heterocycles. The Kier molecular flexibility index (Phi) is 6.99. The van der Waals surface area contributed by atoms with Crippen LogP contribution in [0.15, 0.2) is 24.3 Å². The fraction of sp³-hybridized carbons (Fsp3) is 0.533. The van der Waals surface area contributed by atoms with Crippen molar-refractivity contribution in [3.8, 4) is 0 Å². The van der Waals surface area contributed by atoms with Crippen LogP contribution < -0.4 is 14.8 Å². The van der Waals surface area contributed by atoms with Crippen molar-refractivity contribution in [2.75, 3.05) is 18.9 Å². The molecule has 3 N–H and O–H groups in total. The van der Waals surface area contributed by atoms with Gasteiger partial charge in [0.2, 0.25) is 0 Å². The van der Waals surface area contributed by atoms with Crippen LogP contribution in [0.25, 0.3) is 0 Å². The first kappa shape index (κ1) is 19.4. The largest absolute Gasteiger partial charge is 0.444 e. The van der Waals surface area contributed by atoms with Crippen LogP contribution in [0.3, 0.4) is 0 Å². The number of nitrogens with one attached hydrogen (secondary N) is 3. The Labute approximate surface area is 138 Å². The number of rotatable bonds is 7. The van der Waals surface area contributed by atoms with Crippen LogP contribution in [0.4, 0.5) is 10.5 Å². The second kappa shape index (κ2) is 8.28. The van der Waals surface area contributed by atoms with E-state index in [-0.39, 0.29) is 0 Å². The number of anilines is 1. The SMILES string of the molecule is CNS(=O)(=O)NCCCc1ccc(NC(=O)OC(C)(C)C)cc1. The second-order valence-corrected chi connectivity index (χ2v) is 7.73. The maximum Gasteiger partial charge on any atom is 0.412 e. The van der Waals surface area contributed by atoms with Crippen molar-refractivity contribution in [1.29, 1.82) is 0 Å². The van der Waals surface area contributed by atoms with Crippen molar-refractivity contribution in [2.45, 2.75) is 39.2 Å². The minimum absolute atomic E-state index is 0.362. The van der Waals surface area contributed by atoms with Crippen molar-refractivity contribution >= 4 is 22.0 Å². The summed E-state index contributed by atoms with van der Waals surface area (Å²) in [5.41, 5.74) is 1.17. The zero-order valence-electron chi connectivity index (χ0n) is 14.0. The minimum Gasteiger partial charge on any atom is -0.444 e. The van der Waals surface area contributed by atoms with Gasteiger partial charge in [0.25, 0.3) is 10.2 Å². The molecule has 0 aliphatic heterocycles. The van der Waals surface area contributed by atoms with Gasteiger partial charge in [-0.2, -0.15) is 8.42 Å². The average Bonchev–Trinajstić information content (AvgIpc) is 2.43. The van der Waals surface area contributed by atoms with Gasteiger partial charge in [0, 0.05) is 19.3 Å². The summed E-state index contributed by atoms with van der Waals surface area (Å²) < 4.78 is 32.2. The average molecular weight is 343 g/mol. The van der Waals surface area contributed by atoms with Gasteiger partial charge in [-0.25, -0.2) is 14.2 Å². The predicted octanol–water partition coefficient (Wildman–Crippen LogP) is 2.02. The Morgan fingerprint density at radius 2 is 1.78 bits per heavy atom. The Morgan fingerprint density at radius 1 is 1.17 bits per heavy atom. The topological polar surface area (TPSA) is 96.5 Å². The fourth-order valence-electron chi connectivity index (χ4n) is 1.75. The highest BCUT2D eigenvalue weighted by Crippen LogP contribution is 2.13. The van der Waals surface area contributed by atoms with Crippen LogP contribution in [0, 0.1) is 0 Å². The van der Waals surface area contributed by atoms with Gasteiger partial charge in [0.15, 0.2) is 0 Å². The van der Waals surface area contributed by atoms with Crippen molar-refractivity contribution < 1.29 is 17.9 Å². The number of benzene rings is 1. The molecule has 0 saturated heterocycles.